The number of nitrogens with zero attached hydrogens (tertiary/aromatic N) is 3. The van der Waals surface area contributed by atoms with Gasteiger partial charge in [0.1, 0.15) is 18.1 Å². The fourth-order valence-electron chi connectivity index (χ4n) is 2.86. The summed E-state index contributed by atoms with van der Waals surface area (Å²) in [6.45, 7) is 0. The molecule has 0 bridgehead atoms. The third kappa shape index (κ3) is 2.97. The van der Waals surface area contributed by atoms with Gasteiger partial charge in [-0.1, -0.05) is 41.4 Å². The predicted octanol–water partition coefficient (Wildman–Crippen LogP) is 4.65. The molecule has 3 aromatic rings. The van der Waals surface area contributed by atoms with Gasteiger partial charge < -0.3 is 10.1 Å². The summed E-state index contributed by atoms with van der Waals surface area (Å²) in [5.41, 5.74) is 2.80. The average Bonchev–Trinajstić information content (AvgIpc) is 3.10. The van der Waals surface area contributed by atoms with Crippen molar-refractivity contribution in [3.8, 4) is 5.75 Å². The Labute approximate surface area is 154 Å². The fraction of sp³-hybridized carbons (Fsp3) is 0.111. The van der Waals surface area contributed by atoms with Gasteiger partial charge in [-0.2, -0.15) is 10.1 Å². The Morgan fingerprint density at radius 1 is 1.16 bits per heavy atom. The molecule has 0 saturated heterocycles. The van der Waals surface area contributed by atoms with Gasteiger partial charge in [0.15, 0.2) is 0 Å². The highest BCUT2D eigenvalue weighted by molar-refractivity contribution is 6.35. The number of benzene rings is 2. The zero-order valence-corrected chi connectivity index (χ0v) is 14.8. The van der Waals surface area contributed by atoms with Crippen LogP contribution in [0.25, 0.3) is 5.70 Å². The first-order chi connectivity index (χ1) is 12.2. The van der Waals surface area contributed by atoms with Crippen molar-refractivity contribution >= 4 is 34.8 Å². The van der Waals surface area contributed by atoms with Crippen LogP contribution in [0.2, 0.25) is 10.0 Å². The van der Waals surface area contributed by atoms with Crippen molar-refractivity contribution in [3.63, 3.8) is 0 Å². The van der Waals surface area contributed by atoms with Gasteiger partial charge in [0.25, 0.3) is 0 Å². The third-order valence-electron chi connectivity index (χ3n) is 4.07. The summed E-state index contributed by atoms with van der Waals surface area (Å²) in [6, 6.07) is 13.1. The number of hydrogen-bond donors (Lipinski definition) is 1. The number of fused-ring (bicyclic) bond motifs is 1. The molecule has 0 amide bonds. The molecule has 0 saturated carbocycles. The van der Waals surface area contributed by atoms with Gasteiger partial charge in [0, 0.05) is 21.3 Å². The van der Waals surface area contributed by atoms with Gasteiger partial charge in [0.2, 0.25) is 5.95 Å². The zero-order chi connectivity index (χ0) is 17.4. The van der Waals surface area contributed by atoms with Crippen LogP contribution in [-0.4, -0.2) is 21.9 Å². The van der Waals surface area contributed by atoms with Gasteiger partial charge >= 0.3 is 0 Å². The molecule has 25 heavy (non-hydrogen) atoms. The standard InChI is InChI=1S/C18H14Cl2N4O/c1-25-13-4-2-3-11(7-13)16-9-17(24-18(23-16)21-10-22-24)14-6-5-12(19)8-15(14)20/h2-10,17H,1H3,(H,21,22,23)/t17-/m0/s1. The van der Waals surface area contributed by atoms with Crippen molar-refractivity contribution < 1.29 is 4.74 Å². The van der Waals surface area contributed by atoms with Gasteiger partial charge in [0.05, 0.1) is 7.11 Å². The lowest BCUT2D eigenvalue weighted by atomic mass is 10.0. The number of anilines is 1. The highest BCUT2D eigenvalue weighted by Gasteiger charge is 2.25. The fourth-order valence-corrected chi connectivity index (χ4v) is 3.38. The number of nitrogens with one attached hydrogen (secondary N) is 1. The largest absolute Gasteiger partial charge is 0.497 e. The van der Waals surface area contributed by atoms with E-state index in [0.29, 0.717) is 16.0 Å². The van der Waals surface area contributed by atoms with Crippen molar-refractivity contribution in [2.24, 2.45) is 0 Å². The van der Waals surface area contributed by atoms with Crippen molar-refractivity contribution in [1.29, 1.82) is 0 Å². The maximum absolute atomic E-state index is 6.42. The molecule has 0 unspecified atom stereocenters. The molecule has 0 spiro atoms. The van der Waals surface area contributed by atoms with Crippen molar-refractivity contribution in [1.82, 2.24) is 14.8 Å². The average molecular weight is 373 g/mol. The molecule has 1 aromatic heterocycles. The number of aromatic nitrogens is 3. The summed E-state index contributed by atoms with van der Waals surface area (Å²) in [4.78, 5) is 4.30. The first-order valence-corrected chi connectivity index (χ1v) is 8.39. The number of hydrogen-bond acceptors (Lipinski definition) is 4. The van der Waals surface area contributed by atoms with Crippen molar-refractivity contribution in [3.05, 3.63) is 76.0 Å². The monoisotopic (exact) mass is 372 g/mol. The molecule has 0 fully saturated rings. The van der Waals surface area contributed by atoms with Gasteiger partial charge in [-0.25, -0.2) is 4.68 Å². The van der Waals surface area contributed by atoms with Crippen LogP contribution >= 0.6 is 23.2 Å². The van der Waals surface area contributed by atoms with Crippen molar-refractivity contribution in [2.45, 2.75) is 6.04 Å². The van der Waals surface area contributed by atoms with Gasteiger partial charge in [-0.15, -0.1) is 0 Å². The van der Waals surface area contributed by atoms with E-state index in [-0.39, 0.29) is 6.04 Å². The topological polar surface area (TPSA) is 52.0 Å². The number of ether oxygens (including phenoxy) is 1. The second-order valence-corrected chi connectivity index (χ2v) is 6.42. The lowest BCUT2D eigenvalue weighted by molar-refractivity contribution is 0.414. The SMILES string of the molecule is COc1cccc(C2=C[C@@H](c3ccc(Cl)cc3Cl)n3ncnc3N2)c1. The molecule has 4 rings (SSSR count). The van der Waals surface area contributed by atoms with Crippen LogP contribution in [-0.2, 0) is 0 Å². The van der Waals surface area contributed by atoms with Crippen LogP contribution in [0, 0.1) is 0 Å². The number of allylic oxidation sites excluding steroid dienone is 1. The molecule has 126 valence electrons. The molecule has 1 atom stereocenters. The minimum absolute atomic E-state index is 0.190. The van der Waals surface area contributed by atoms with E-state index in [4.69, 9.17) is 27.9 Å². The Morgan fingerprint density at radius 3 is 2.84 bits per heavy atom. The van der Waals surface area contributed by atoms with E-state index in [0.717, 1.165) is 22.6 Å². The number of halogens is 2. The Bertz CT molecular complexity index is 967. The summed E-state index contributed by atoms with van der Waals surface area (Å²) >= 11 is 12.5. The van der Waals surface area contributed by atoms with Crippen LogP contribution in [0.5, 0.6) is 5.75 Å². The maximum Gasteiger partial charge on any atom is 0.226 e. The Morgan fingerprint density at radius 2 is 2.04 bits per heavy atom. The molecule has 1 aliphatic heterocycles. The minimum Gasteiger partial charge on any atom is -0.497 e. The van der Waals surface area contributed by atoms with E-state index in [2.05, 4.69) is 21.5 Å². The summed E-state index contributed by atoms with van der Waals surface area (Å²) in [5.74, 6) is 1.43. The number of methoxy groups -OCH3 is 1. The lowest BCUT2D eigenvalue weighted by Gasteiger charge is -2.25. The van der Waals surface area contributed by atoms with E-state index < -0.39 is 0 Å². The smallest absolute Gasteiger partial charge is 0.226 e. The zero-order valence-electron chi connectivity index (χ0n) is 13.3. The highest BCUT2D eigenvalue weighted by Crippen LogP contribution is 2.36. The number of rotatable bonds is 3. The second kappa shape index (κ2) is 6.43. The van der Waals surface area contributed by atoms with E-state index in [9.17, 15) is 0 Å². The van der Waals surface area contributed by atoms with E-state index in [1.165, 1.54) is 6.33 Å². The van der Waals surface area contributed by atoms with Gasteiger partial charge in [-0.3, -0.25) is 0 Å². The highest BCUT2D eigenvalue weighted by atomic mass is 35.5. The molecule has 5 nitrogen and oxygen atoms in total. The molecule has 1 N–H and O–H groups in total. The summed E-state index contributed by atoms with van der Waals surface area (Å²) in [7, 11) is 1.65. The quantitative estimate of drug-likeness (QED) is 0.726. The van der Waals surface area contributed by atoms with E-state index in [1.54, 1.807) is 17.9 Å². The van der Waals surface area contributed by atoms with Crippen LogP contribution in [0.15, 0.2) is 54.9 Å². The molecular formula is C18H14Cl2N4O. The second-order valence-electron chi connectivity index (χ2n) is 5.58. The van der Waals surface area contributed by atoms with Crippen LogP contribution in [0.3, 0.4) is 0 Å². The van der Waals surface area contributed by atoms with Crippen LogP contribution < -0.4 is 10.1 Å². The van der Waals surface area contributed by atoms with Crippen molar-refractivity contribution in [2.75, 3.05) is 12.4 Å². The molecule has 1 aliphatic rings. The first kappa shape index (κ1) is 16.0. The normalized spacial score (nSPS) is 16.0. The molecule has 7 heteroatoms. The Balaban J connectivity index is 1.83. The predicted molar refractivity (Wildman–Crippen MR) is 99.2 cm³/mol. The first-order valence-electron chi connectivity index (χ1n) is 7.63. The Kier molecular flexibility index (Phi) is 4.11. The van der Waals surface area contributed by atoms with Crippen LogP contribution in [0.1, 0.15) is 17.2 Å². The third-order valence-corrected chi connectivity index (χ3v) is 4.63. The molecule has 0 radical (unpaired) electrons. The van der Waals surface area contributed by atoms with Crippen LogP contribution in [0.4, 0.5) is 5.95 Å². The maximum atomic E-state index is 6.42. The molecule has 2 aromatic carbocycles. The Hall–Kier alpha value is -2.50. The van der Waals surface area contributed by atoms with E-state index >= 15 is 0 Å². The molecular weight excluding hydrogens is 359 g/mol. The molecule has 0 aliphatic carbocycles. The van der Waals surface area contributed by atoms with Gasteiger partial charge in [-0.05, 0) is 35.9 Å². The minimum atomic E-state index is -0.190. The summed E-state index contributed by atoms with van der Waals surface area (Å²) in [6.07, 6.45) is 3.58. The summed E-state index contributed by atoms with van der Waals surface area (Å²) in [5, 5.41) is 8.80. The van der Waals surface area contributed by atoms with E-state index in [1.807, 2.05) is 36.4 Å². The molecule has 2 heterocycles. The lowest BCUT2D eigenvalue weighted by Crippen LogP contribution is -2.20. The summed E-state index contributed by atoms with van der Waals surface area (Å²) < 4.78 is 7.11.